The Hall–Kier alpha value is -3.23. The second-order valence-electron chi connectivity index (χ2n) is 11.1. The van der Waals surface area contributed by atoms with Gasteiger partial charge in [0.1, 0.15) is 17.5 Å². The van der Waals surface area contributed by atoms with Crippen LogP contribution in [0.25, 0.3) is 0 Å². The summed E-state index contributed by atoms with van der Waals surface area (Å²) in [6, 6.07) is 10.2. The first-order valence-electron chi connectivity index (χ1n) is 13.6. The maximum atomic E-state index is 14.1. The van der Waals surface area contributed by atoms with E-state index < -0.39 is 29.6 Å². The van der Waals surface area contributed by atoms with Gasteiger partial charge in [-0.05, 0) is 55.2 Å². The Kier molecular flexibility index (Phi) is 6.71. The lowest BCUT2D eigenvalue weighted by Crippen LogP contribution is -2.56. The van der Waals surface area contributed by atoms with Crippen molar-refractivity contribution in [2.75, 3.05) is 5.32 Å². The molecule has 3 unspecified atom stereocenters. The quantitative estimate of drug-likeness (QED) is 0.517. The standard InChI is InChI=1S/C30H31ClFN3O4/c1-17-7-12-21(15-22(17)31)34-27(36)24-23-13-14-30(39-23)25(24)29(38)35(16-18-8-10-19(32)11-9-18)26(30)28(37)33-20-5-3-2-4-6-20/h7-15,20,23-26H,2-6,16H2,1H3,(H,33,37)(H,34,36)/t23-,24?,25-,26?,30?/m1/s1. The van der Waals surface area contributed by atoms with Crippen molar-refractivity contribution in [2.24, 2.45) is 11.8 Å². The number of hydrogen-bond donors (Lipinski definition) is 2. The molecule has 7 nitrogen and oxygen atoms in total. The van der Waals surface area contributed by atoms with Gasteiger partial charge in [-0.1, -0.05) is 61.2 Å². The molecule has 4 aliphatic rings. The van der Waals surface area contributed by atoms with Crippen molar-refractivity contribution in [1.82, 2.24) is 10.2 Å². The average Bonchev–Trinajstić information content (AvgIpc) is 3.56. The fraction of sp³-hybridized carbons (Fsp3) is 0.433. The Balaban J connectivity index is 1.32. The van der Waals surface area contributed by atoms with Gasteiger partial charge in [0.2, 0.25) is 17.7 Å². The van der Waals surface area contributed by atoms with Crippen LogP contribution >= 0.6 is 11.6 Å². The summed E-state index contributed by atoms with van der Waals surface area (Å²) >= 11 is 6.26. The fourth-order valence-electron chi connectivity index (χ4n) is 6.65. The van der Waals surface area contributed by atoms with Crippen LogP contribution in [-0.2, 0) is 25.7 Å². The third-order valence-corrected chi connectivity index (χ3v) is 8.99. The Morgan fingerprint density at radius 2 is 1.85 bits per heavy atom. The number of rotatable bonds is 6. The number of hydrogen-bond acceptors (Lipinski definition) is 4. The molecule has 0 aromatic heterocycles. The van der Waals surface area contributed by atoms with Crippen LogP contribution in [0.4, 0.5) is 10.1 Å². The highest BCUT2D eigenvalue weighted by atomic mass is 35.5. The molecule has 2 saturated heterocycles. The van der Waals surface area contributed by atoms with Gasteiger partial charge in [0.25, 0.3) is 0 Å². The molecule has 9 heteroatoms. The molecule has 2 bridgehead atoms. The predicted octanol–water partition coefficient (Wildman–Crippen LogP) is 4.53. The van der Waals surface area contributed by atoms with Gasteiger partial charge < -0.3 is 20.3 Å². The van der Waals surface area contributed by atoms with Gasteiger partial charge >= 0.3 is 0 Å². The number of ether oxygens (including phenoxy) is 1. The normalized spacial score (nSPS) is 29.5. The van der Waals surface area contributed by atoms with Crippen molar-refractivity contribution >= 4 is 35.0 Å². The van der Waals surface area contributed by atoms with E-state index in [9.17, 15) is 18.8 Å². The lowest BCUT2D eigenvalue weighted by Gasteiger charge is -2.34. The van der Waals surface area contributed by atoms with Crippen molar-refractivity contribution in [3.05, 3.63) is 76.6 Å². The van der Waals surface area contributed by atoms with Crippen LogP contribution in [-0.4, -0.2) is 46.4 Å². The van der Waals surface area contributed by atoms with E-state index in [-0.39, 0.29) is 36.1 Å². The minimum Gasteiger partial charge on any atom is -0.359 e. The molecule has 2 aromatic carbocycles. The smallest absolute Gasteiger partial charge is 0.246 e. The summed E-state index contributed by atoms with van der Waals surface area (Å²) in [4.78, 5) is 43.1. The van der Waals surface area contributed by atoms with E-state index in [0.717, 1.165) is 37.7 Å². The summed E-state index contributed by atoms with van der Waals surface area (Å²) in [5, 5.41) is 6.59. The van der Waals surface area contributed by atoms with E-state index in [0.29, 0.717) is 16.3 Å². The van der Waals surface area contributed by atoms with E-state index in [1.165, 1.54) is 17.0 Å². The molecular weight excluding hydrogens is 521 g/mol. The van der Waals surface area contributed by atoms with Crippen LogP contribution in [0.3, 0.4) is 0 Å². The molecule has 2 aromatic rings. The average molecular weight is 552 g/mol. The highest BCUT2D eigenvalue weighted by molar-refractivity contribution is 6.31. The maximum absolute atomic E-state index is 14.1. The second-order valence-corrected chi connectivity index (χ2v) is 11.5. The number of nitrogens with zero attached hydrogens (tertiary/aromatic N) is 1. The summed E-state index contributed by atoms with van der Waals surface area (Å²) in [5.74, 6) is -3.03. The molecule has 5 atom stereocenters. The van der Waals surface area contributed by atoms with E-state index >= 15 is 0 Å². The number of benzene rings is 2. The lowest BCUT2D eigenvalue weighted by molar-refractivity contribution is -0.142. The zero-order chi connectivity index (χ0) is 27.3. The molecule has 39 heavy (non-hydrogen) atoms. The summed E-state index contributed by atoms with van der Waals surface area (Å²) in [7, 11) is 0. The maximum Gasteiger partial charge on any atom is 0.246 e. The molecule has 1 saturated carbocycles. The molecule has 3 fully saturated rings. The monoisotopic (exact) mass is 551 g/mol. The van der Waals surface area contributed by atoms with E-state index in [1.54, 1.807) is 36.4 Å². The zero-order valence-corrected chi connectivity index (χ0v) is 22.4. The minimum atomic E-state index is -1.26. The molecule has 204 valence electrons. The predicted molar refractivity (Wildman–Crippen MR) is 144 cm³/mol. The highest BCUT2D eigenvalue weighted by Crippen LogP contribution is 2.55. The van der Waals surface area contributed by atoms with Gasteiger partial charge in [-0.2, -0.15) is 0 Å². The Bertz CT molecular complexity index is 1340. The fourth-order valence-corrected chi connectivity index (χ4v) is 6.83. The first-order valence-corrected chi connectivity index (χ1v) is 13.9. The molecule has 2 N–H and O–H groups in total. The Labute approximate surface area is 231 Å². The van der Waals surface area contributed by atoms with Gasteiger partial charge in [0, 0.05) is 23.3 Å². The van der Waals surface area contributed by atoms with Gasteiger partial charge in [-0.3, -0.25) is 14.4 Å². The van der Waals surface area contributed by atoms with Crippen LogP contribution in [0.1, 0.15) is 43.2 Å². The zero-order valence-electron chi connectivity index (χ0n) is 21.7. The second kappa shape index (κ2) is 10.1. The van der Waals surface area contributed by atoms with Crippen LogP contribution in [0, 0.1) is 24.6 Å². The van der Waals surface area contributed by atoms with Crippen LogP contribution in [0.2, 0.25) is 5.02 Å². The van der Waals surface area contributed by atoms with Crippen molar-refractivity contribution < 1.29 is 23.5 Å². The number of fused-ring (bicyclic) bond motifs is 1. The molecule has 6 rings (SSSR count). The van der Waals surface area contributed by atoms with Gasteiger partial charge in [0.05, 0.1) is 17.9 Å². The number of carbonyl (C=O) groups excluding carboxylic acids is 3. The first-order chi connectivity index (χ1) is 18.8. The van der Waals surface area contributed by atoms with Crippen LogP contribution in [0.5, 0.6) is 0 Å². The summed E-state index contributed by atoms with van der Waals surface area (Å²) < 4.78 is 20.0. The molecule has 3 amide bonds. The summed E-state index contributed by atoms with van der Waals surface area (Å²) in [6.07, 6.45) is 7.98. The van der Waals surface area contributed by atoms with E-state index in [4.69, 9.17) is 16.3 Å². The Morgan fingerprint density at radius 3 is 2.56 bits per heavy atom. The lowest BCUT2D eigenvalue weighted by atomic mass is 9.74. The third kappa shape index (κ3) is 4.53. The topological polar surface area (TPSA) is 87.7 Å². The Morgan fingerprint density at radius 1 is 1.10 bits per heavy atom. The van der Waals surface area contributed by atoms with Gasteiger partial charge in [-0.25, -0.2) is 4.39 Å². The van der Waals surface area contributed by atoms with Crippen LogP contribution < -0.4 is 10.6 Å². The van der Waals surface area contributed by atoms with Gasteiger partial charge in [-0.15, -0.1) is 0 Å². The minimum absolute atomic E-state index is 0.0393. The summed E-state index contributed by atoms with van der Waals surface area (Å²) in [5.41, 5.74) is 0.837. The number of amides is 3. The SMILES string of the molecule is Cc1ccc(NC(=O)C2[C@H]3C=CC4(O3)C(C(=O)NC3CCCCC3)N(Cc3ccc(F)cc3)C(=O)[C@@H]24)cc1Cl. The van der Waals surface area contributed by atoms with Crippen molar-refractivity contribution in [1.29, 1.82) is 0 Å². The number of halogens is 2. The number of anilines is 1. The van der Waals surface area contributed by atoms with E-state index in [2.05, 4.69) is 10.6 Å². The van der Waals surface area contributed by atoms with Crippen molar-refractivity contribution in [2.45, 2.75) is 69.4 Å². The third-order valence-electron chi connectivity index (χ3n) is 8.58. The van der Waals surface area contributed by atoms with E-state index in [1.807, 2.05) is 13.0 Å². The molecule has 0 radical (unpaired) electrons. The first kappa shape index (κ1) is 26.0. The number of aryl methyl sites for hydroxylation is 1. The molecule has 3 aliphatic heterocycles. The molecule has 1 spiro atoms. The molecule has 1 aliphatic carbocycles. The molecule has 3 heterocycles. The number of carbonyl (C=O) groups is 3. The van der Waals surface area contributed by atoms with Gasteiger partial charge in [0.15, 0.2) is 0 Å². The van der Waals surface area contributed by atoms with Crippen molar-refractivity contribution in [3.8, 4) is 0 Å². The highest BCUT2D eigenvalue weighted by Gasteiger charge is 2.72. The largest absolute Gasteiger partial charge is 0.359 e. The van der Waals surface area contributed by atoms with Crippen LogP contribution in [0.15, 0.2) is 54.6 Å². The number of likely N-dealkylation sites (tertiary alicyclic amines) is 1. The summed E-state index contributed by atoms with van der Waals surface area (Å²) in [6.45, 7) is 1.97. The molecular formula is C30H31ClFN3O4. The number of nitrogens with one attached hydrogen (secondary N) is 2. The van der Waals surface area contributed by atoms with Crippen molar-refractivity contribution in [3.63, 3.8) is 0 Å².